The number of amides is 1. The lowest BCUT2D eigenvalue weighted by Crippen LogP contribution is -2.44. The molecule has 162 valence electrons. The summed E-state index contributed by atoms with van der Waals surface area (Å²) < 4.78 is 11.1. The molecular weight excluding hydrogens is 420 g/mol. The van der Waals surface area contributed by atoms with Crippen molar-refractivity contribution in [1.29, 1.82) is 0 Å². The summed E-state index contributed by atoms with van der Waals surface area (Å²) in [6.07, 6.45) is 0.265. The number of methoxy groups -OCH3 is 1. The molecule has 0 radical (unpaired) electrons. The van der Waals surface area contributed by atoms with Gasteiger partial charge in [-0.15, -0.1) is 11.3 Å². The minimum Gasteiger partial charge on any atom is -0.479 e. The first-order chi connectivity index (χ1) is 15.6. The van der Waals surface area contributed by atoms with E-state index in [0.29, 0.717) is 13.2 Å². The number of carbonyl (C=O) groups is 1. The quantitative estimate of drug-likeness (QED) is 0.396. The summed E-state index contributed by atoms with van der Waals surface area (Å²) in [4.78, 5) is 19.8. The van der Waals surface area contributed by atoms with Crippen LogP contribution in [-0.2, 0) is 22.5 Å². The molecule has 1 aliphatic heterocycles. The van der Waals surface area contributed by atoms with Gasteiger partial charge in [-0.2, -0.15) is 0 Å². The number of hydrogen-bond donors (Lipinski definition) is 0. The highest BCUT2D eigenvalue weighted by molar-refractivity contribution is 7.09. The molecule has 1 atom stereocenters. The van der Waals surface area contributed by atoms with Gasteiger partial charge >= 0.3 is 0 Å². The number of hydrogen-bond acceptors (Lipinski definition) is 5. The summed E-state index contributed by atoms with van der Waals surface area (Å²) in [5.74, 6) is 0.678. The second kappa shape index (κ2) is 8.73. The Labute approximate surface area is 191 Å². The van der Waals surface area contributed by atoms with Crippen molar-refractivity contribution in [2.24, 2.45) is 0 Å². The van der Waals surface area contributed by atoms with Gasteiger partial charge in [-0.05, 0) is 41.5 Å². The monoisotopic (exact) mass is 444 g/mol. The van der Waals surface area contributed by atoms with Gasteiger partial charge in [0, 0.05) is 24.5 Å². The predicted octanol–water partition coefficient (Wildman–Crippen LogP) is 5.47. The van der Waals surface area contributed by atoms with Crippen LogP contribution in [0.25, 0.3) is 22.0 Å². The smallest absolute Gasteiger partial charge is 0.268 e. The van der Waals surface area contributed by atoms with Crippen LogP contribution in [0.5, 0.6) is 5.75 Å². The number of anilines is 1. The topological polar surface area (TPSA) is 51.7 Å². The van der Waals surface area contributed by atoms with Crippen LogP contribution in [0.4, 0.5) is 5.69 Å². The maximum absolute atomic E-state index is 13.2. The van der Waals surface area contributed by atoms with Crippen LogP contribution < -0.4 is 9.64 Å². The van der Waals surface area contributed by atoms with Gasteiger partial charge < -0.3 is 14.4 Å². The molecule has 1 unspecified atom stereocenters. The fourth-order valence-corrected chi connectivity index (χ4v) is 4.87. The van der Waals surface area contributed by atoms with E-state index in [2.05, 4.69) is 29.6 Å². The lowest BCUT2D eigenvalue weighted by molar-refractivity contribution is -0.125. The molecule has 0 aliphatic carbocycles. The first-order valence-corrected chi connectivity index (χ1v) is 11.5. The van der Waals surface area contributed by atoms with Gasteiger partial charge in [-0.25, -0.2) is 4.98 Å². The zero-order valence-electron chi connectivity index (χ0n) is 18.1. The third kappa shape index (κ3) is 3.87. The SMILES string of the molecule is COCCc1nc(-c2ccc3c(c2)N(Cc2cccc4ccccc24)C(=O)C(C)O3)cs1. The number of aromatic nitrogens is 1. The predicted molar refractivity (Wildman–Crippen MR) is 128 cm³/mol. The molecule has 32 heavy (non-hydrogen) atoms. The van der Waals surface area contributed by atoms with Gasteiger partial charge in [-0.1, -0.05) is 42.5 Å². The standard InChI is InChI=1S/C26H24N2O3S/c1-17-26(29)28(15-20-8-5-7-18-6-3-4-9-21(18)20)23-14-19(10-11-24(23)31-17)22-16-32-25(27-22)12-13-30-2/h3-11,14,16-17H,12-13,15H2,1-2H3. The second-order valence-corrected chi connectivity index (χ2v) is 8.82. The minimum atomic E-state index is -0.525. The van der Waals surface area contributed by atoms with Crippen molar-refractivity contribution in [2.45, 2.75) is 26.0 Å². The third-order valence-corrected chi connectivity index (χ3v) is 6.65. The maximum atomic E-state index is 13.2. The summed E-state index contributed by atoms with van der Waals surface area (Å²) in [6.45, 7) is 2.94. The van der Waals surface area contributed by atoms with E-state index in [1.165, 1.54) is 5.39 Å². The Morgan fingerprint density at radius 3 is 2.84 bits per heavy atom. The first kappa shape index (κ1) is 20.7. The van der Waals surface area contributed by atoms with Crippen molar-refractivity contribution in [3.8, 4) is 17.0 Å². The molecule has 5 rings (SSSR count). The van der Waals surface area contributed by atoms with Gasteiger partial charge in [0.2, 0.25) is 0 Å². The highest BCUT2D eigenvalue weighted by Gasteiger charge is 2.32. The van der Waals surface area contributed by atoms with Crippen molar-refractivity contribution < 1.29 is 14.3 Å². The van der Waals surface area contributed by atoms with Crippen LogP contribution in [0.2, 0.25) is 0 Å². The average Bonchev–Trinajstić information content (AvgIpc) is 3.29. The maximum Gasteiger partial charge on any atom is 0.268 e. The fraction of sp³-hybridized carbons (Fsp3) is 0.231. The number of rotatable bonds is 6. The Kier molecular flexibility index (Phi) is 5.64. The van der Waals surface area contributed by atoms with Crippen molar-refractivity contribution in [3.05, 3.63) is 76.6 Å². The molecule has 3 aromatic carbocycles. The molecule has 4 aromatic rings. The zero-order chi connectivity index (χ0) is 22.1. The Hall–Kier alpha value is -3.22. The molecule has 0 saturated carbocycles. The summed E-state index contributed by atoms with van der Waals surface area (Å²) in [5.41, 5.74) is 3.76. The van der Waals surface area contributed by atoms with Gasteiger partial charge in [0.05, 0.1) is 29.5 Å². The molecule has 0 fully saturated rings. The normalized spacial score (nSPS) is 15.6. The van der Waals surface area contributed by atoms with Crippen molar-refractivity contribution >= 4 is 33.7 Å². The van der Waals surface area contributed by atoms with Crippen molar-refractivity contribution in [1.82, 2.24) is 4.98 Å². The molecular formula is C26H24N2O3S. The van der Waals surface area contributed by atoms with Gasteiger partial charge in [0.15, 0.2) is 6.10 Å². The summed E-state index contributed by atoms with van der Waals surface area (Å²) in [5, 5.41) is 5.41. The number of carbonyl (C=O) groups excluding carboxylic acids is 1. The second-order valence-electron chi connectivity index (χ2n) is 7.87. The van der Waals surface area contributed by atoms with E-state index in [9.17, 15) is 4.79 Å². The van der Waals surface area contributed by atoms with Gasteiger partial charge in [-0.3, -0.25) is 4.79 Å². The van der Waals surface area contributed by atoms with Crippen LogP contribution in [0, 0.1) is 0 Å². The molecule has 1 amide bonds. The van der Waals surface area contributed by atoms with E-state index in [0.717, 1.165) is 45.1 Å². The van der Waals surface area contributed by atoms with Crippen molar-refractivity contribution in [2.75, 3.05) is 18.6 Å². The molecule has 0 spiro atoms. The third-order valence-electron chi connectivity index (χ3n) is 5.74. The largest absolute Gasteiger partial charge is 0.479 e. The number of nitrogens with zero attached hydrogens (tertiary/aromatic N) is 2. The Balaban J connectivity index is 1.52. The van der Waals surface area contributed by atoms with Crippen molar-refractivity contribution in [3.63, 3.8) is 0 Å². The highest BCUT2D eigenvalue weighted by atomic mass is 32.1. The van der Waals surface area contributed by atoms with E-state index in [4.69, 9.17) is 14.5 Å². The Morgan fingerprint density at radius 1 is 1.12 bits per heavy atom. The summed E-state index contributed by atoms with van der Waals surface area (Å²) in [7, 11) is 1.69. The highest BCUT2D eigenvalue weighted by Crippen LogP contribution is 2.39. The van der Waals surface area contributed by atoms with Crippen LogP contribution in [-0.4, -0.2) is 30.7 Å². The Bertz CT molecular complexity index is 1280. The molecule has 0 saturated heterocycles. The summed E-state index contributed by atoms with van der Waals surface area (Å²) >= 11 is 1.62. The summed E-state index contributed by atoms with van der Waals surface area (Å²) in [6, 6.07) is 20.4. The van der Waals surface area contributed by atoms with E-state index >= 15 is 0 Å². The first-order valence-electron chi connectivity index (χ1n) is 10.7. The number of thiazole rings is 1. The molecule has 1 aliphatic rings. The van der Waals surface area contributed by atoms with E-state index in [1.807, 2.05) is 41.3 Å². The zero-order valence-corrected chi connectivity index (χ0v) is 18.9. The minimum absolute atomic E-state index is 0.0401. The van der Waals surface area contributed by atoms with Crippen LogP contribution in [0.3, 0.4) is 0 Å². The van der Waals surface area contributed by atoms with Gasteiger partial charge in [0.1, 0.15) is 5.75 Å². The lowest BCUT2D eigenvalue weighted by Gasteiger charge is -2.33. The average molecular weight is 445 g/mol. The molecule has 1 aromatic heterocycles. The van der Waals surface area contributed by atoms with Crippen LogP contribution >= 0.6 is 11.3 Å². The molecule has 5 nitrogen and oxygen atoms in total. The van der Waals surface area contributed by atoms with Gasteiger partial charge in [0.25, 0.3) is 5.91 Å². The number of fused-ring (bicyclic) bond motifs is 2. The fourth-order valence-electron chi connectivity index (χ4n) is 4.08. The number of benzene rings is 3. The lowest BCUT2D eigenvalue weighted by atomic mass is 10.0. The molecule has 0 bridgehead atoms. The molecule has 2 heterocycles. The molecule has 0 N–H and O–H groups in total. The van der Waals surface area contributed by atoms with Crippen LogP contribution in [0.1, 0.15) is 17.5 Å². The van der Waals surface area contributed by atoms with E-state index in [1.54, 1.807) is 25.4 Å². The van der Waals surface area contributed by atoms with E-state index in [-0.39, 0.29) is 5.91 Å². The van der Waals surface area contributed by atoms with E-state index < -0.39 is 6.10 Å². The van der Waals surface area contributed by atoms with Crippen LogP contribution in [0.15, 0.2) is 66.0 Å². The number of ether oxygens (including phenoxy) is 2. The molecule has 6 heteroatoms. The Morgan fingerprint density at radius 2 is 1.97 bits per heavy atom.